The predicted molar refractivity (Wildman–Crippen MR) is 162 cm³/mol. The summed E-state index contributed by atoms with van der Waals surface area (Å²) < 4.78 is 13.6. The number of hydrogen-bond acceptors (Lipinski definition) is 8. The number of hydrogen-bond donors (Lipinski definition) is 0. The van der Waals surface area contributed by atoms with Gasteiger partial charge in [-0.25, -0.2) is 15.0 Å². The molecule has 4 aromatic rings. The van der Waals surface area contributed by atoms with Crippen molar-refractivity contribution in [1.82, 2.24) is 24.4 Å². The summed E-state index contributed by atoms with van der Waals surface area (Å²) in [5.74, 6) is 1.36. The SMILES string of the molecule is COc1ccc(-c2cccc(CN3CCCC3)c2)cc1C1CN(c2nc(-c3ccncn3)cc(=O)n2C)CCO1.Cl. The van der Waals surface area contributed by atoms with Gasteiger partial charge in [-0.1, -0.05) is 24.3 Å². The fourth-order valence-corrected chi connectivity index (χ4v) is 5.62. The predicted octanol–water partition coefficient (Wildman–Crippen LogP) is 4.51. The molecule has 214 valence electrons. The molecule has 0 saturated carbocycles. The second-order valence-electron chi connectivity index (χ2n) is 10.4. The maximum absolute atomic E-state index is 12.9. The number of morpholine rings is 1. The van der Waals surface area contributed by atoms with Crippen LogP contribution in [-0.2, 0) is 18.3 Å². The molecule has 9 nitrogen and oxygen atoms in total. The van der Waals surface area contributed by atoms with Crippen molar-refractivity contribution in [2.75, 3.05) is 44.8 Å². The van der Waals surface area contributed by atoms with Crippen LogP contribution in [0, 0.1) is 0 Å². The van der Waals surface area contributed by atoms with Crippen LogP contribution >= 0.6 is 12.4 Å². The summed E-state index contributed by atoms with van der Waals surface area (Å²) in [4.78, 5) is 30.6. The van der Waals surface area contributed by atoms with Crippen molar-refractivity contribution in [1.29, 1.82) is 0 Å². The molecule has 0 N–H and O–H groups in total. The van der Waals surface area contributed by atoms with E-state index in [-0.39, 0.29) is 24.1 Å². The van der Waals surface area contributed by atoms with Crippen LogP contribution < -0.4 is 15.2 Å². The lowest BCUT2D eigenvalue weighted by Crippen LogP contribution is -2.41. The molecule has 4 heterocycles. The highest BCUT2D eigenvalue weighted by Crippen LogP contribution is 2.35. The molecule has 2 aromatic carbocycles. The summed E-state index contributed by atoms with van der Waals surface area (Å²) in [6, 6.07) is 18.4. The fraction of sp³-hybridized carbons (Fsp3) is 0.355. The van der Waals surface area contributed by atoms with Crippen molar-refractivity contribution in [2.24, 2.45) is 7.05 Å². The van der Waals surface area contributed by atoms with Gasteiger partial charge in [-0.3, -0.25) is 14.3 Å². The Bertz CT molecular complexity index is 1540. The topological polar surface area (TPSA) is 85.6 Å². The van der Waals surface area contributed by atoms with Crippen LogP contribution in [0.15, 0.2) is 71.9 Å². The van der Waals surface area contributed by atoms with E-state index in [0.29, 0.717) is 37.0 Å². The molecule has 0 spiro atoms. The second kappa shape index (κ2) is 12.8. The normalized spacial score (nSPS) is 17.3. The molecular formula is C31H35ClN6O3. The van der Waals surface area contributed by atoms with Crippen molar-refractivity contribution in [2.45, 2.75) is 25.5 Å². The van der Waals surface area contributed by atoms with Crippen LogP contribution in [0.25, 0.3) is 22.5 Å². The highest BCUT2D eigenvalue weighted by molar-refractivity contribution is 5.85. The van der Waals surface area contributed by atoms with Crippen LogP contribution in [0.2, 0.25) is 0 Å². The minimum Gasteiger partial charge on any atom is -0.496 e. The minimum atomic E-state index is -0.254. The molecule has 0 bridgehead atoms. The fourth-order valence-electron chi connectivity index (χ4n) is 5.62. The van der Waals surface area contributed by atoms with Gasteiger partial charge in [-0.15, -0.1) is 12.4 Å². The van der Waals surface area contributed by atoms with E-state index < -0.39 is 0 Å². The molecule has 2 aromatic heterocycles. The van der Waals surface area contributed by atoms with E-state index in [0.717, 1.165) is 23.4 Å². The number of nitrogens with zero attached hydrogens (tertiary/aromatic N) is 6. The minimum absolute atomic E-state index is 0. The van der Waals surface area contributed by atoms with Crippen LogP contribution in [0.4, 0.5) is 5.95 Å². The quantitative estimate of drug-likeness (QED) is 0.319. The summed E-state index contributed by atoms with van der Waals surface area (Å²) in [5.41, 5.74) is 5.59. The maximum atomic E-state index is 12.9. The second-order valence-corrected chi connectivity index (χ2v) is 10.4. The van der Waals surface area contributed by atoms with E-state index in [1.165, 1.54) is 49.5 Å². The number of likely N-dealkylation sites (tertiary alicyclic amines) is 1. The summed E-state index contributed by atoms with van der Waals surface area (Å²) in [7, 11) is 3.43. The molecule has 1 atom stereocenters. The lowest BCUT2D eigenvalue weighted by molar-refractivity contribution is 0.0375. The third-order valence-corrected chi connectivity index (χ3v) is 7.75. The van der Waals surface area contributed by atoms with Gasteiger partial charge in [0.05, 0.1) is 31.6 Å². The van der Waals surface area contributed by atoms with E-state index in [4.69, 9.17) is 14.5 Å². The highest BCUT2D eigenvalue weighted by Gasteiger charge is 2.28. The van der Waals surface area contributed by atoms with Crippen LogP contribution in [0.5, 0.6) is 5.75 Å². The Balaban J connectivity index is 0.00000337. The lowest BCUT2D eigenvalue weighted by atomic mass is 9.97. The smallest absolute Gasteiger partial charge is 0.255 e. The van der Waals surface area contributed by atoms with Crippen molar-refractivity contribution in [3.63, 3.8) is 0 Å². The average Bonchev–Trinajstić information content (AvgIpc) is 3.52. The van der Waals surface area contributed by atoms with Crippen LogP contribution in [0.3, 0.4) is 0 Å². The molecule has 6 rings (SSSR count). The van der Waals surface area contributed by atoms with Gasteiger partial charge in [-0.05, 0) is 66.9 Å². The Labute approximate surface area is 246 Å². The Kier molecular flexibility index (Phi) is 8.97. The van der Waals surface area contributed by atoms with Gasteiger partial charge in [0.15, 0.2) is 0 Å². The third kappa shape index (κ3) is 6.27. The molecule has 0 aliphatic carbocycles. The van der Waals surface area contributed by atoms with Crippen molar-refractivity contribution in [3.8, 4) is 28.3 Å². The van der Waals surface area contributed by atoms with E-state index in [2.05, 4.69) is 56.2 Å². The molecule has 10 heteroatoms. The van der Waals surface area contributed by atoms with Crippen molar-refractivity contribution < 1.29 is 9.47 Å². The van der Waals surface area contributed by atoms with Gasteiger partial charge < -0.3 is 14.4 Å². The van der Waals surface area contributed by atoms with E-state index in [1.54, 1.807) is 31.0 Å². The van der Waals surface area contributed by atoms with Gasteiger partial charge in [0, 0.05) is 38.0 Å². The Morgan fingerprint density at radius 2 is 1.83 bits per heavy atom. The number of halogens is 1. The van der Waals surface area contributed by atoms with E-state index in [9.17, 15) is 4.79 Å². The first-order chi connectivity index (χ1) is 19.6. The number of rotatable bonds is 7. The summed E-state index contributed by atoms with van der Waals surface area (Å²) in [6.07, 6.45) is 5.42. The number of ether oxygens (including phenoxy) is 2. The molecule has 1 unspecified atom stereocenters. The monoisotopic (exact) mass is 574 g/mol. The van der Waals surface area contributed by atoms with Crippen molar-refractivity contribution in [3.05, 3.63) is 88.6 Å². The average molecular weight is 575 g/mol. The first-order valence-electron chi connectivity index (χ1n) is 13.8. The zero-order valence-corrected chi connectivity index (χ0v) is 24.2. The van der Waals surface area contributed by atoms with Gasteiger partial charge in [-0.2, -0.15) is 0 Å². The lowest BCUT2D eigenvalue weighted by Gasteiger charge is -2.35. The number of methoxy groups -OCH3 is 1. The molecule has 41 heavy (non-hydrogen) atoms. The Morgan fingerprint density at radius 3 is 2.61 bits per heavy atom. The first-order valence-corrected chi connectivity index (χ1v) is 13.8. The zero-order chi connectivity index (χ0) is 27.5. The van der Waals surface area contributed by atoms with E-state index >= 15 is 0 Å². The molecule has 2 saturated heterocycles. The summed E-state index contributed by atoms with van der Waals surface area (Å²) in [5, 5.41) is 0. The molecular weight excluding hydrogens is 540 g/mol. The Hall–Kier alpha value is -3.79. The Morgan fingerprint density at radius 1 is 1.00 bits per heavy atom. The molecule has 2 aliphatic heterocycles. The maximum Gasteiger partial charge on any atom is 0.255 e. The van der Waals surface area contributed by atoms with Crippen molar-refractivity contribution >= 4 is 18.4 Å². The molecule has 2 aliphatic rings. The molecule has 0 amide bonds. The standard InChI is InChI=1S/C31H34N6O3.ClH/c1-35-30(38)18-27(26-10-11-32-21-33-26)34-31(35)37-14-15-40-29(20-37)25-17-24(8-9-28(25)39-2)23-7-5-6-22(16-23)19-36-12-3-4-13-36;/h5-11,16-18,21,29H,3-4,12-15,19-20H2,1-2H3;1H. The molecule has 2 fully saturated rings. The number of anilines is 1. The van der Waals surface area contributed by atoms with Gasteiger partial charge in [0.1, 0.15) is 18.2 Å². The van der Waals surface area contributed by atoms with Crippen LogP contribution in [-0.4, -0.2) is 64.3 Å². The highest BCUT2D eigenvalue weighted by atomic mass is 35.5. The van der Waals surface area contributed by atoms with E-state index in [1.807, 2.05) is 6.07 Å². The summed E-state index contributed by atoms with van der Waals surface area (Å²) >= 11 is 0. The van der Waals surface area contributed by atoms with Crippen LogP contribution in [0.1, 0.15) is 30.1 Å². The number of benzene rings is 2. The largest absolute Gasteiger partial charge is 0.496 e. The zero-order valence-electron chi connectivity index (χ0n) is 23.4. The summed E-state index contributed by atoms with van der Waals surface area (Å²) in [6.45, 7) is 4.98. The van der Waals surface area contributed by atoms with Gasteiger partial charge >= 0.3 is 0 Å². The van der Waals surface area contributed by atoms with Gasteiger partial charge in [0.25, 0.3) is 5.56 Å². The molecule has 0 radical (unpaired) electrons. The van der Waals surface area contributed by atoms with Gasteiger partial charge in [0.2, 0.25) is 5.95 Å². The third-order valence-electron chi connectivity index (χ3n) is 7.75. The number of aromatic nitrogens is 4. The first kappa shape index (κ1) is 28.7.